The lowest BCUT2D eigenvalue weighted by Crippen LogP contribution is -2.40. The van der Waals surface area contributed by atoms with E-state index in [9.17, 15) is 0 Å². The smallest absolute Gasteiger partial charge is 0.193 e. The van der Waals surface area contributed by atoms with Crippen molar-refractivity contribution in [3.8, 4) is 17.6 Å². The van der Waals surface area contributed by atoms with E-state index in [2.05, 4.69) is 50.9 Å². The number of hydrogen-bond acceptors (Lipinski definition) is 4. The summed E-state index contributed by atoms with van der Waals surface area (Å²) in [5.74, 6) is 7.04. The van der Waals surface area contributed by atoms with E-state index in [1.807, 2.05) is 54.6 Å². The van der Waals surface area contributed by atoms with Crippen molar-refractivity contribution < 1.29 is 14.0 Å². The molecule has 0 aliphatic rings. The Hall–Kier alpha value is -2.55. The Morgan fingerprint density at radius 3 is 2.24 bits per heavy atom. The van der Waals surface area contributed by atoms with Gasteiger partial charge in [-0.2, -0.15) is 0 Å². The zero-order chi connectivity index (χ0) is 21.3. The first kappa shape index (κ1) is 22.7. The van der Waals surface area contributed by atoms with Gasteiger partial charge in [0.15, 0.2) is 14.0 Å². The van der Waals surface area contributed by atoms with Crippen LogP contribution >= 0.6 is 0 Å². The topological polar surface area (TPSA) is 40.0 Å². The zero-order valence-corrected chi connectivity index (χ0v) is 19.3. The van der Waals surface area contributed by atoms with E-state index in [4.69, 9.17) is 14.0 Å². The van der Waals surface area contributed by atoms with Crippen molar-refractivity contribution in [2.45, 2.75) is 45.5 Å². The minimum Gasteiger partial charge on any atom is -0.497 e. The van der Waals surface area contributed by atoms with E-state index in [-0.39, 0.29) is 5.04 Å². The normalized spacial score (nSPS) is 12.1. The van der Waals surface area contributed by atoms with Gasteiger partial charge in [-0.25, -0.2) is 0 Å². The Labute approximate surface area is 176 Å². The molecule has 0 unspecified atom stereocenters. The number of oxime groups is 1. The summed E-state index contributed by atoms with van der Waals surface area (Å²) in [5, 5.41) is 4.44. The summed E-state index contributed by atoms with van der Waals surface area (Å²) in [5.41, 5.74) is 2.52. The number of ether oxygens (including phenoxy) is 1. The lowest BCUT2D eigenvalue weighted by atomic mass is 10.1. The molecule has 2 aromatic rings. The molecule has 0 spiro atoms. The molecular weight excluding hydrogens is 378 g/mol. The molecule has 0 atom stereocenters. The maximum Gasteiger partial charge on any atom is 0.193 e. The first-order chi connectivity index (χ1) is 13.7. The lowest BCUT2D eigenvalue weighted by molar-refractivity contribution is 0.131. The fraction of sp³-hybridized carbons (Fsp3) is 0.375. The molecule has 2 rings (SSSR count). The Morgan fingerprint density at radius 2 is 1.66 bits per heavy atom. The molecule has 0 heterocycles. The van der Waals surface area contributed by atoms with Crippen LogP contribution in [0.2, 0.25) is 18.1 Å². The summed E-state index contributed by atoms with van der Waals surface area (Å²) in [7, 11) is -0.169. The van der Waals surface area contributed by atoms with Crippen LogP contribution in [0.1, 0.15) is 31.9 Å². The molecule has 0 fully saturated rings. The predicted molar refractivity (Wildman–Crippen MR) is 122 cm³/mol. The minimum atomic E-state index is -1.82. The number of hydrogen-bond donors (Lipinski definition) is 0. The van der Waals surface area contributed by atoms with Crippen molar-refractivity contribution in [3.63, 3.8) is 0 Å². The highest BCUT2D eigenvalue weighted by Gasteiger charge is 2.36. The molecule has 0 aromatic heterocycles. The van der Waals surface area contributed by atoms with E-state index in [1.165, 1.54) is 0 Å². The number of rotatable bonds is 7. The van der Waals surface area contributed by atoms with Gasteiger partial charge in [0.1, 0.15) is 12.4 Å². The summed E-state index contributed by atoms with van der Waals surface area (Å²) in [6, 6.07) is 17.5. The van der Waals surface area contributed by atoms with Crippen LogP contribution < -0.4 is 4.74 Å². The first-order valence-corrected chi connectivity index (χ1v) is 12.6. The average molecular weight is 410 g/mol. The van der Waals surface area contributed by atoms with E-state index >= 15 is 0 Å². The molecule has 0 bridgehead atoms. The SMILES string of the molecule is COc1ccc(CO/N=C(\C#CCO[Si](C)(C)C(C)(C)C)c2ccccc2)cc1. The highest BCUT2D eigenvalue weighted by molar-refractivity contribution is 6.74. The number of nitrogens with zero attached hydrogens (tertiary/aromatic N) is 1. The van der Waals surface area contributed by atoms with Crippen molar-refractivity contribution in [3.05, 3.63) is 65.7 Å². The molecule has 0 N–H and O–H groups in total. The lowest BCUT2D eigenvalue weighted by Gasteiger charge is -2.35. The Balaban J connectivity index is 2.07. The average Bonchev–Trinajstić information content (AvgIpc) is 2.70. The van der Waals surface area contributed by atoms with Crippen LogP contribution in [0.15, 0.2) is 59.8 Å². The first-order valence-electron chi connectivity index (χ1n) is 9.74. The second kappa shape index (κ2) is 10.3. The van der Waals surface area contributed by atoms with Gasteiger partial charge >= 0.3 is 0 Å². The Kier molecular flexibility index (Phi) is 8.07. The molecule has 0 amide bonds. The van der Waals surface area contributed by atoms with Crippen molar-refractivity contribution in [2.75, 3.05) is 13.7 Å². The predicted octanol–water partition coefficient (Wildman–Crippen LogP) is 5.64. The molecule has 0 aliphatic carbocycles. The molecule has 0 saturated heterocycles. The summed E-state index contributed by atoms with van der Waals surface area (Å²) in [6.07, 6.45) is 0. The Morgan fingerprint density at radius 1 is 1.00 bits per heavy atom. The maximum absolute atomic E-state index is 6.13. The van der Waals surface area contributed by atoms with Crippen molar-refractivity contribution in [1.29, 1.82) is 0 Å². The van der Waals surface area contributed by atoms with Crippen LogP contribution in [-0.2, 0) is 15.9 Å². The van der Waals surface area contributed by atoms with Crippen LogP contribution in [0.3, 0.4) is 0 Å². The van der Waals surface area contributed by atoms with Crippen molar-refractivity contribution in [2.24, 2.45) is 5.16 Å². The molecule has 0 radical (unpaired) electrons. The molecule has 2 aromatic carbocycles. The van der Waals surface area contributed by atoms with Gasteiger partial charge < -0.3 is 14.0 Å². The molecule has 29 heavy (non-hydrogen) atoms. The number of methoxy groups -OCH3 is 1. The molecule has 154 valence electrons. The maximum atomic E-state index is 6.13. The summed E-state index contributed by atoms with van der Waals surface area (Å²) >= 11 is 0. The molecule has 4 nitrogen and oxygen atoms in total. The Bertz CT molecular complexity index is 857. The zero-order valence-electron chi connectivity index (χ0n) is 18.3. The largest absolute Gasteiger partial charge is 0.497 e. The molecule has 5 heteroatoms. The molecule has 0 aliphatic heterocycles. The number of benzene rings is 2. The van der Waals surface area contributed by atoms with E-state index in [1.54, 1.807) is 7.11 Å². The summed E-state index contributed by atoms with van der Waals surface area (Å²) < 4.78 is 11.3. The third kappa shape index (κ3) is 7.08. The van der Waals surface area contributed by atoms with Crippen LogP contribution in [-0.4, -0.2) is 27.7 Å². The third-order valence-corrected chi connectivity index (χ3v) is 9.59. The van der Waals surface area contributed by atoms with Crippen molar-refractivity contribution >= 4 is 14.0 Å². The van der Waals surface area contributed by atoms with E-state index in [0.717, 1.165) is 16.9 Å². The van der Waals surface area contributed by atoms with Crippen LogP contribution in [0, 0.1) is 11.8 Å². The summed E-state index contributed by atoms with van der Waals surface area (Å²) in [4.78, 5) is 5.57. The van der Waals surface area contributed by atoms with E-state index in [0.29, 0.717) is 18.9 Å². The van der Waals surface area contributed by atoms with Gasteiger partial charge in [0.2, 0.25) is 0 Å². The third-order valence-electron chi connectivity index (χ3n) is 5.11. The van der Waals surface area contributed by atoms with Crippen LogP contribution in [0.4, 0.5) is 0 Å². The fourth-order valence-electron chi connectivity index (χ4n) is 2.19. The van der Waals surface area contributed by atoms with E-state index < -0.39 is 8.32 Å². The second-order valence-corrected chi connectivity index (χ2v) is 13.1. The summed E-state index contributed by atoms with van der Waals surface area (Å²) in [6.45, 7) is 11.9. The van der Waals surface area contributed by atoms with Gasteiger partial charge in [-0.1, -0.05) is 74.3 Å². The fourth-order valence-corrected chi connectivity index (χ4v) is 3.06. The molecular formula is C24H31NO3Si. The molecule has 0 saturated carbocycles. The monoisotopic (exact) mass is 409 g/mol. The van der Waals surface area contributed by atoms with Gasteiger partial charge in [-0.15, -0.1) is 0 Å². The highest BCUT2D eigenvalue weighted by Crippen LogP contribution is 2.36. The van der Waals surface area contributed by atoms with Gasteiger partial charge in [-0.3, -0.25) is 0 Å². The minimum absolute atomic E-state index is 0.159. The van der Waals surface area contributed by atoms with Gasteiger partial charge in [0, 0.05) is 5.56 Å². The highest BCUT2D eigenvalue weighted by atomic mass is 28.4. The van der Waals surface area contributed by atoms with Crippen molar-refractivity contribution in [1.82, 2.24) is 0 Å². The van der Waals surface area contributed by atoms with Crippen LogP contribution in [0.5, 0.6) is 5.75 Å². The quantitative estimate of drug-likeness (QED) is 0.257. The van der Waals surface area contributed by atoms with Gasteiger partial charge in [0.25, 0.3) is 0 Å². The standard InChI is InChI=1S/C24H31NO3Si/c1-24(2,3)29(5,6)28-18-10-13-23(21-11-8-7-9-12-21)25-27-19-20-14-16-22(26-4)17-15-20/h7-9,11-12,14-17H,18-19H2,1-6H3/b25-23+. The van der Waals surface area contributed by atoms with Crippen LogP contribution in [0.25, 0.3) is 0 Å². The second-order valence-electron chi connectivity index (χ2n) is 8.28. The van der Waals surface area contributed by atoms with Gasteiger partial charge in [-0.05, 0) is 41.7 Å². The van der Waals surface area contributed by atoms with Gasteiger partial charge in [0.05, 0.1) is 13.7 Å².